The molecule has 0 unspecified atom stereocenters. The van der Waals surface area contributed by atoms with Gasteiger partial charge in [0.2, 0.25) is 11.9 Å². The van der Waals surface area contributed by atoms with E-state index in [1.54, 1.807) is 0 Å². The number of hydrogen-bond acceptors (Lipinski definition) is 3. The van der Waals surface area contributed by atoms with E-state index in [0.29, 0.717) is 17.7 Å². The molecule has 0 bridgehead atoms. The highest BCUT2D eigenvalue weighted by Gasteiger charge is 2.41. The number of hydrogen-bond donors (Lipinski definition) is 0. The van der Waals surface area contributed by atoms with E-state index in [9.17, 15) is 0 Å². The Morgan fingerprint density at radius 1 is 0.188 bits per heavy atom. The van der Waals surface area contributed by atoms with E-state index >= 15 is 0 Å². The lowest BCUT2D eigenvalue weighted by Crippen LogP contribution is -2.74. The number of aromatic nitrogens is 8. The van der Waals surface area contributed by atoms with Gasteiger partial charge < -0.3 is 13.7 Å². The molecule has 448 valence electrons. The molecule has 14 aromatic carbocycles. The quantitative estimate of drug-likeness (QED) is 0.101. The third kappa shape index (κ3) is 7.92. The Bertz CT molecular complexity index is 6100. The summed E-state index contributed by atoms with van der Waals surface area (Å²) in [7, 11) is -3.02. The van der Waals surface area contributed by atoms with Gasteiger partial charge in [-0.1, -0.05) is 243 Å². The Hall–Kier alpha value is -12.7. The zero-order chi connectivity index (χ0) is 63.0. The summed E-state index contributed by atoms with van der Waals surface area (Å²) in [5, 5.41) is 16.7. The third-order valence-corrected chi connectivity index (χ3v) is 24.9. The van der Waals surface area contributed by atoms with Crippen molar-refractivity contribution in [1.29, 1.82) is 0 Å². The van der Waals surface area contributed by atoms with Gasteiger partial charge in [-0.05, 0) is 118 Å². The summed E-state index contributed by atoms with van der Waals surface area (Å²) in [6.45, 7) is 0. The van der Waals surface area contributed by atoms with Crippen molar-refractivity contribution >= 4 is 138 Å². The molecule has 20 rings (SSSR count). The van der Waals surface area contributed by atoms with Crippen LogP contribution in [0.15, 0.2) is 340 Å². The molecule has 9 heteroatoms. The minimum atomic E-state index is -3.02. The van der Waals surface area contributed by atoms with Crippen molar-refractivity contribution in [3.05, 3.63) is 340 Å². The highest BCUT2D eigenvalue weighted by molar-refractivity contribution is 7.20. The SMILES string of the molecule is c1ccc([Si](c2ccccc2)(c2ccccc2)c2cccc(-c3nc(-n4c5ccccc5c5cc(-n6c7ccccc7c7ccccc76)ccc54)nc(-n4c5ccc(-n6c7ccccc7c7ccccc76)cc5c5cc(-n6c7ccccc7c7ccccc76)ccc54)n3)c2)cc1. The van der Waals surface area contributed by atoms with Gasteiger partial charge in [0.25, 0.3) is 0 Å². The summed E-state index contributed by atoms with van der Waals surface area (Å²) in [5.41, 5.74) is 14.9. The van der Waals surface area contributed by atoms with Crippen LogP contribution in [-0.4, -0.2) is 45.9 Å². The second-order valence-corrected chi connectivity index (χ2v) is 28.9. The first-order valence-electron chi connectivity index (χ1n) is 32.8. The monoisotopic (exact) mass is 1240 g/mol. The van der Waals surface area contributed by atoms with Crippen molar-refractivity contribution < 1.29 is 0 Å². The number of fused-ring (bicyclic) bond motifs is 15. The average Bonchev–Trinajstić information content (AvgIpc) is 1.39. The molecule has 0 aliphatic rings. The minimum Gasteiger partial charge on any atom is -0.309 e. The standard InChI is InChI=1S/C87H56N8Si/c1-4-26-61(27-5-1)96(62-28-6-2-7-29-62,63-30-8-3-9-31-63)64-32-24-25-57(53-64)85-88-86(94-81-46-23-16-39-71(81)72-54-58(47-50-82(72)94)91-75-40-17-10-33-65(75)66-34-11-18-41-76(66)91)90-87(89-85)95-83-51-48-59(92-77-42-19-12-35-67(77)68-36-13-20-43-78(68)92)55-73(83)74-56-60(49-52-84(74)95)93-79-44-21-14-37-69(79)70-38-15-22-45-80(70)93/h1-56H. The summed E-state index contributed by atoms with van der Waals surface area (Å²) in [6.07, 6.45) is 0. The molecule has 0 fully saturated rings. The van der Waals surface area contributed by atoms with E-state index in [4.69, 9.17) is 15.0 Å². The summed E-state index contributed by atoms with van der Waals surface area (Å²) in [6, 6.07) is 124. The molecule has 20 aromatic rings. The summed E-state index contributed by atoms with van der Waals surface area (Å²) < 4.78 is 11.8. The van der Waals surface area contributed by atoms with E-state index in [0.717, 1.165) is 99.3 Å². The van der Waals surface area contributed by atoms with Crippen molar-refractivity contribution in [3.63, 3.8) is 0 Å². The molecule has 8 nitrogen and oxygen atoms in total. The molecule has 0 saturated heterocycles. The molecule has 0 N–H and O–H groups in total. The van der Waals surface area contributed by atoms with Gasteiger partial charge in [0.1, 0.15) is 0 Å². The summed E-state index contributed by atoms with van der Waals surface area (Å²) in [5.74, 6) is 1.56. The van der Waals surface area contributed by atoms with Crippen LogP contribution in [-0.2, 0) is 0 Å². The maximum atomic E-state index is 5.82. The Kier molecular flexibility index (Phi) is 11.9. The van der Waals surface area contributed by atoms with Crippen molar-refractivity contribution in [2.24, 2.45) is 0 Å². The lowest BCUT2D eigenvalue weighted by atomic mass is 10.1. The van der Waals surface area contributed by atoms with Gasteiger partial charge in [-0.25, -0.2) is 0 Å². The van der Waals surface area contributed by atoms with E-state index in [1.807, 2.05) is 0 Å². The van der Waals surface area contributed by atoms with Crippen LogP contribution in [0, 0.1) is 0 Å². The Balaban J connectivity index is 0.875. The summed E-state index contributed by atoms with van der Waals surface area (Å²) >= 11 is 0. The fourth-order valence-electron chi connectivity index (χ4n) is 16.0. The average molecular weight is 1240 g/mol. The summed E-state index contributed by atoms with van der Waals surface area (Å²) in [4.78, 5) is 17.4. The molecule has 0 spiro atoms. The van der Waals surface area contributed by atoms with Gasteiger partial charge in [-0.3, -0.25) is 9.13 Å². The van der Waals surface area contributed by atoms with E-state index in [2.05, 4.69) is 363 Å². The maximum Gasteiger partial charge on any atom is 0.240 e. The van der Waals surface area contributed by atoms with Gasteiger partial charge in [0, 0.05) is 76.5 Å². The van der Waals surface area contributed by atoms with Gasteiger partial charge in [-0.15, -0.1) is 0 Å². The molecule has 0 radical (unpaired) electrons. The Morgan fingerprint density at radius 2 is 0.448 bits per heavy atom. The highest BCUT2D eigenvalue weighted by atomic mass is 28.3. The van der Waals surface area contributed by atoms with Gasteiger partial charge in [0.05, 0.1) is 55.2 Å². The molecule has 0 aliphatic heterocycles. The van der Waals surface area contributed by atoms with Gasteiger partial charge in [0.15, 0.2) is 13.9 Å². The molecule has 0 aliphatic carbocycles. The van der Waals surface area contributed by atoms with Crippen LogP contribution in [0.25, 0.3) is 149 Å². The fourth-order valence-corrected chi connectivity index (χ4v) is 20.8. The number of nitrogens with zero attached hydrogens (tertiary/aromatic N) is 8. The molecule has 0 amide bonds. The van der Waals surface area contributed by atoms with Crippen molar-refractivity contribution in [2.45, 2.75) is 0 Å². The minimum absolute atomic E-state index is 0.500. The number of benzene rings is 14. The second kappa shape index (κ2) is 21.2. The smallest absolute Gasteiger partial charge is 0.240 e. The normalized spacial score (nSPS) is 12.2. The van der Waals surface area contributed by atoms with E-state index in [-0.39, 0.29) is 0 Å². The number of para-hydroxylation sites is 7. The largest absolute Gasteiger partial charge is 0.309 e. The van der Waals surface area contributed by atoms with Crippen LogP contribution < -0.4 is 20.7 Å². The fraction of sp³-hybridized carbons (Fsp3) is 0. The number of rotatable bonds is 10. The molecular weight excluding hydrogens is 1190 g/mol. The first kappa shape index (κ1) is 53.9. The van der Waals surface area contributed by atoms with Crippen molar-refractivity contribution in [2.75, 3.05) is 0 Å². The van der Waals surface area contributed by atoms with Crippen LogP contribution in [0.2, 0.25) is 0 Å². The maximum absolute atomic E-state index is 5.82. The van der Waals surface area contributed by atoms with Crippen LogP contribution in [0.3, 0.4) is 0 Å². The molecule has 6 heterocycles. The topological polar surface area (TPSA) is 63.3 Å². The molecule has 0 atom stereocenters. The van der Waals surface area contributed by atoms with Crippen LogP contribution in [0.4, 0.5) is 0 Å². The Morgan fingerprint density at radius 3 is 0.781 bits per heavy atom. The van der Waals surface area contributed by atoms with Crippen molar-refractivity contribution in [1.82, 2.24) is 37.8 Å². The lowest BCUT2D eigenvalue weighted by molar-refractivity contribution is 0.892. The zero-order valence-corrected chi connectivity index (χ0v) is 52.9. The first-order valence-corrected chi connectivity index (χ1v) is 34.8. The van der Waals surface area contributed by atoms with E-state index < -0.39 is 8.07 Å². The van der Waals surface area contributed by atoms with Crippen molar-refractivity contribution in [3.8, 4) is 40.3 Å². The molecule has 0 saturated carbocycles. The van der Waals surface area contributed by atoms with Gasteiger partial charge >= 0.3 is 0 Å². The molecular formula is C87H56N8Si. The highest BCUT2D eigenvalue weighted by Crippen LogP contribution is 2.42. The molecule has 96 heavy (non-hydrogen) atoms. The lowest BCUT2D eigenvalue weighted by Gasteiger charge is -2.34. The third-order valence-electron chi connectivity index (χ3n) is 20.1. The van der Waals surface area contributed by atoms with Crippen LogP contribution >= 0.6 is 0 Å². The van der Waals surface area contributed by atoms with Gasteiger partial charge in [-0.2, -0.15) is 15.0 Å². The Labute approximate surface area is 552 Å². The predicted molar refractivity (Wildman–Crippen MR) is 401 cm³/mol. The second-order valence-electron chi connectivity index (χ2n) is 25.1. The predicted octanol–water partition coefficient (Wildman–Crippen LogP) is 18.4. The van der Waals surface area contributed by atoms with E-state index in [1.165, 1.54) is 53.1 Å². The van der Waals surface area contributed by atoms with Crippen LogP contribution in [0.5, 0.6) is 0 Å². The van der Waals surface area contributed by atoms with Crippen LogP contribution in [0.1, 0.15) is 0 Å². The zero-order valence-electron chi connectivity index (χ0n) is 51.9. The first-order chi connectivity index (χ1) is 47.6. The molecule has 6 aromatic heterocycles.